The van der Waals surface area contributed by atoms with Crippen molar-refractivity contribution in [2.24, 2.45) is 0 Å². The van der Waals surface area contributed by atoms with E-state index >= 15 is 0 Å². The molecule has 0 aromatic carbocycles. The summed E-state index contributed by atoms with van der Waals surface area (Å²) in [5.74, 6) is 0.631. The molecule has 1 heterocycles. The van der Waals surface area contributed by atoms with Gasteiger partial charge in [0.05, 0.1) is 7.11 Å². The maximum absolute atomic E-state index is 11.4. The number of hydrogen-bond acceptors (Lipinski definition) is 5. The van der Waals surface area contributed by atoms with E-state index in [1.165, 1.54) is 7.11 Å². The third kappa shape index (κ3) is 3.20. The molecule has 0 fully saturated rings. The monoisotopic (exact) mass is 240 g/mol. The molecule has 6 heteroatoms. The minimum absolute atomic E-state index is 0.204. The summed E-state index contributed by atoms with van der Waals surface area (Å²) in [6.07, 6.45) is 0.953. The first-order chi connectivity index (χ1) is 7.97. The second kappa shape index (κ2) is 5.67. The van der Waals surface area contributed by atoms with Gasteiger partial charge in [-0.2, -0.15) is 0 Å². The molecular weight excluding hydrogens is 220 g/mol. The first-order valence-corrected chi connectivity index (χ1v) is 5.53. The van der Waals surface area contributed by atoms with Crippen LogP contribution in [0.1, 0.15) is 22.7 Å². The normalized spacial score (nSPS) is 10.9. The smallest absolute Gasteiger partial charge is 0.360 e. The van der Waals surface area contributed by atoms with E-state index in [1.54, 1.807) is 0 Å². The summed E-state index contributed by atoms with van der Waals surface area (Å²) in [5.41, 5.74) is 6.09. The average Bonchev–Trinajstić information content (AvgIpc) is 2.55. The minimum atomic E-state index is -0.489. The maximum Gasteiger partial charge on any atom is 0.360 e. The van der Waals surface area contributed by atoms with Crippen molar-refractivity contribution in [2.75, 3.05) is 33.5 Å². The van der Waals surface area contributed by atoms with Crippen LogP contribution in [0.4, 0.5) is 5.82 Å². The molecule has 2 N–H and O–H groups in total. The van der Waals surface area contributed by atoms with Gasteiger partial charge in [0.25, 0.3) is 0 Å². The molecule has 0 saturated carbocycles. The Bertz CT molecular complexity index is 398. The van der Waals surface area contributed by atoms with Gasteiger partial charge in [-0.25, -0.2) is 9.78 Å². The van der Waals surface area contributed by atoms with Crippen molar-refractivity contribution in [2.45, 2.75) is 19.9 Å². The highest BCUT2D eigenvalue weighted by molar-refractivity contribution is 5.92. The first-order valence-electron chi connectivity index (χ1n) is 5.53. The van der Waals surface area contributed by atoms with Crippen molar-refractivity contribution in [1.82, 2.24) is 14.5 Å². The standard InChI is InChI=1S/C11H20N4O2/c1-8-13-9(11(16)17-4)10(12)15(8)7-5-6-14(2)3/h5-7,12H2,1-4H3. The topological polar surface area (TPSA) is 73.4 Å². The Kier molecular flexibility index (Phi) is 4.51. The van der Waals surface area contributed by atoms with Gasteiger partial charge >= 0.3 is 5.97 Å². The Morgan fingerprint density at radius 2 is 2.18 bits per heavy atom. The fourth-order valence-corrected chi connectivity index (χ4v) is 1.66. The van der Waals surface area contributed by atoms with Crippen LogP contribution in [0.3, 0.4) is 0 Å². The van der Waals surface area contributed by atoms with Gasteiger partial charge in [-0.05, 0) is 34.0 Å². The van der Waals surface area contributed by atoms with E-state index in [9.17, 15) is 4.79 Å². The number of nitrogen functional groups attached to an aromatic ring is 1. The zero-order chi connectivity index (χ0) is 13.0. The van der Waals surface area contributed by atoms with Gasteiger partial charge in [-0.15, -0.1) is 0 Å². The SMILES string of the molecule is COC(=O)c1nc(C)n(CCCN(C)C)c1N. The molecule has 0 saturated heterocycles. The fraction of sp³-hybridized carbons (Fsp3) is 0.636. The molecule has 0 bridgehead atoms. The fourth-order valence-electron chi connectivity index (χ4n) is 1.66. The summed E-state index contributed by atoms with van der Waals surface area (Å²) >= 11 is 0. The molecule has 17 heavy (non-hydrogen) atoms. The zero-order valence-electron chi connectivity index (χ0n) is 10.9. The van der Waals surface area contributed by atoms with Gasteiger partial charge < -0.3 is 19.9 Å². The molecule has 0 aliphatic heterocycles. The van der Waals surface area contributed by atoms with Gasteiger partial charge in [-0.1, -0.05) is 0 Å². The summed E-state index contributed by atoms with van der Waals surface area (Å²) in [5, 5.41) is 0. The second-order valence-electron chi connectivity index (χ2n) is 4.19. The Morgan fingerprint density at radius 1 is 1.53 bits per heavy atom. The Balaban J connectivity index is 2.79. The van der Waals surface area contributed by atoms with Crippen LogP contribution in [0.25, 0.3) is 0 Å². The van der Waals surface area contributed by atoms with Crippen LogP contribution in [-0.2, 0) is 11.3 Å². The number of nitrogens with zero attached hydrogens (tertiary/aromatic N) is 3. The number of carbonyl (C=O) groups is 1. The number of esters is 1. The Labute approximate surface area is 101 Å². The van der Waals surface area contributed by atoms with Crippen LogP contribution < -0.4 is 5.73 Å². The third-order valence-electron chi connectivity index (χ3n) is 2.56. The van der Waals surface area contributed by atoms with Gasteiger partial charge in [0.15, 0.2) is 5.69 Å². The number of hydrogen-bond donors (Lipinski definition) is 1. The van der Waals surface area contributed by atoms with Crippen molar-refractivity contribution in [3.05, 3.63) is 11.5 Å². The van der Waals surface area contributed by atoms with E-state index in [2.05, 4.69) is 14.6 Å². The van der Waals surface area contributed by atoms with Crippen LogP contribution >= 0.6 is 0 Å². The molecule has 1 aromatic rings. The Morgan fingerprint density at radius 3 is 2.71 bits per heavy atom. The van der Waals surface area contributed by atoms with Gasteiger partial charge in [0.1, 0.15) is 11.6 Å². The molecular formula is C11H20N4O2. The van der Waals surface area contributed by atoms with E-state index < -0.39 is 5.97 Å². The lowest BCUT2D eigenvalue weighted by Crippen LogP contribution is -2.16. The number of anilines is 1. The van der Waals surface area contributed by atoms with Crippen LogP contribution in [0.15, 0.2) is 0 Å². The Hall–Kier alpha value is -1.56. The number of methoxy groups -OCH3 is 1. The van der Waals surface area contributed by atoms with Gasteiger partial charge in [0.2, 0.25) is 0 Å². The number of aromatic nitrogens is 2. The molecule has 96 valence electrons. The number of ether oxygens (including phenoxy) is 1. The molecule has 0 atom stereocenters. The minimum Gasteiger partial charge on any atom is -0.464 e. The largest absolute Gasteiger partial charge is 0.464 e. The van der Waals surface area contributed by atoms with Crippen molar-refractivity contribution in [3.63, 3.8) is 0 Å². The van der Waals surface area contributed by atoms with Crippen LogP contribution in [0.2, 0.25) is 0 Å². The maximum atomic E-state index is 11.4. The molecule has 1 rings (SSSR count). The summed E-state index contributed by atoms with van der Waals surface area (Å²) < 4.78 is 6.47. The van der Waals surface area contributed by atoms with Gasteiger partial charge in [-0.3, -0.25) is 0 Å². The lowest BCUT2D eigenvalue weighted by Gasteiger charge is -2.11. The van der Waals surface area contributed by atoms with Crippen LogP contribution in [0.5, 0.6) is 0 Å². The molecule has 0 aliphatic carbocycles. The van der Waals surface area contributed by atoms with Gasteiger partial charge in [0, 0.05) is 6.54 Å². The molecule has 0 unspecified atom stereocenters. The summed E-state index contributed by atoms with van der Waals surface area (Å²) in [6.45, 7) is 3.54. The molecule has 0 radical (unpaired) electrons. The molecule has 0 amide bonds. The molecule has 1 aromatic heterocycles. The van der Waals surface area contributed by atoms with Crippen molar-refractivity contribution in [3.8, 4) is 0 Å². The quantitative estimate of drug-likeness (QED) is 0.759. The first kappa shape index (κ1) is 13.5. The number of rotatable bonds is 5. The van der Waals surface area contributed by atoms with Crippen molar-refractivity contribution >= 4 is 11.8 Å². The third-order valence-corrected chi connectivity index (χ3v) is 2.56. The van der Waals surface area contributed by atoms with Crippen molar-refractivity contribution < 1.29 is 9.53 Å². The number of nitrogens with two attached hydrogens (primary N) is 1. The average molecular weight is 240 g/mol. The summed E-state index contributed by atoms with van der Waals surface area (Å²) in [6, 6.07) is 0. The number of aryl methyl sites for hydroxylation is 1. The highest BCUT2D eigenvalue weighted by Gasteiger charge is 2.18. The predicted molar refractivity (Wildman–Crippen MR) is 65.9 cm³/mol. The predicted octanol–water partition coefficient (Wildman–Crippen LogP) is 0.512. The lowest BCUT2D eigenvalue weighted by atomic mass is 10.4. The summed E-state index contributed by atoms with van der Waals surface area (Å²) in [7, 11) is 5.36. The van der Waals surface area contributed by atoms with Crippen LogP contribution in [0, 0.1) is 6.92 Å². The second-order valence-corrected chi connectivity index (χ2v) is 4.19. The molecule has 0 aliphatic rings. The summed E-state index contributed by atoms with van der Waals surface area (Å²) in [4.78, 5) is 17.6. The number of carbonyl (C=O) groups excluding carboxylic acids is 1. The van der Waals surface area contributed by atoms with E-state index in [4.69, 9.17) is 5.73 Å². The van der Waals surface area contributed by atoms with E-state index in [0.717, 1.165) is 25.3 Å². The lowest BCUT2D eigenvalue weighted by molar-refractivity contribution is 0.0595. The number of imidazole rings is 1. The van der Waals surface area contributed by atoms with E-state index in [0.29, 0.717) is 5.82 Å². The van der Waals surface area contributed by atoms with E-state index in [-0.39, 0.29) is 5.69 Å². The molecule has 6 nitrogen and oxygen atoms in total. The molecule has 0 spiro atoms. The van der Waals surface area contributed by atoms with E-state index in [1.807, 2.05) is 25.6 Å². The van der Waals surface area contributed by atoms with Crippen molar-refractivity contribution in [1.29, 1.82) is 0 Å². The highest BCUT2D eigenvalue weighted by Crippen LogP contribution is 2.15. The zero-order valence-corrected chi connectivity index (χ0v) is 10.9. The van der Waals surface area contributed by atoms with Crippen LogP contribution in [-0.4, -0.2) is 48.2 Å². The highest BCUT2D eigenvalue weighted by atomic mass is 16.5.